The summed E-state index contributed by atoms with van der Waals surface area (Å²) in [5.41, 5.74) is -1.83. The van der Waals surface area contributed by atoms with Gasteiger partial charge in [0.2, 0.25) is 5.91 Å². The fourth-order valence-corrected chi connectivity index (χ4v) is 6.18. The molecule has 0 aliphatic carbocycles. The van der Waals surface area contributed by atoms with E-state index in [0.717, 1.165) is 11.3 Å². The molecule has 2 fully saturated rings. The van der Waals surface area contributed by atoms with Crippen molar-refractivity contribution in [2.45, 2.75) is 50.6 Å². The number of amides is 4. The molecule has 2 aliphatic heterocycles. The Hall–Kier alpha value is -2.49. The van der Waals surface area contributed by atoms with Crippen LogP contribution in [0.2, 0.25) is 0 Å². The summed E-state index contributed by atoms with van der Waals surface area (Å²) in [6.07, 6.45) is 2.00. The summed E-state index contributed by atoms with van der Waals surface area (Å²) >= 11 is 0. The predicted molar refractivity (Wildman–Crippen MR) is 108 cm³/mol. The lowest BCUT2D eigenvalue weighted by Gasteiger charge is -2.28. The predicted octanol–water partition coefficient (Wildman–Crippen LogP) is 1.46. The van der Waals surface area contributed by atoms with Crippen LogP contribution in [0.15, 0.2) is 24.3 Å². The number of benzene rings is 1. The molecule has 1 aromatic carbocycles. The quantitative estimate of drug-likeness (QED) is 0.625. The Kier molecular flexibility index (Phi) is 5.90. The zero-order valence-electron chi connectivity index (χ0n) is 17.0. The Morgan fingerprint density at radius 3 is 2.50 bits per heavy atom. The summed E-state index contributed by atoms with van der Waals surface area (Å²) in [5.74, 6) is -1.84. The van der Waals surface area contributed by atoms with Gasteiger partial charge in [0.25, 0.3) is 5.91 Å². The Balaban J connectivity index is 1.79. The van der Waals surface area contributed by atoms with E-state index in [2.05, 4.69) is 10.6 Å². The number of carbonyl (C=O) groups excluding carboxylic acids is 3. The minimum Gasteiger partial charge on any atom is -0.348 e. The summed E-state index contributed by atoms with van der Waals surface area (Å²) in [6, 6.07) is 4.65. The van der Waals surface area contributed by atoms with E-state index in [1.54, 1.807) is 6.92 Å². The van der Waals surface area contributed by atoms with Crippen LogP contribution < -0.4 is 10.6 Å². The number of hydrogen-bond acceptors (Lipinski definition) is 5. The fraction of sp³-hybridized carbons (Fsp3) is 0.550. The molecule has 30 heavy (non-hydrogen) atoms. The zero-order valence-corrected chi connectivity index (χ0v) is 17.9. The summed E-state index contributed by atoms with van der Waals surface area (Å²) in [6.45, 7) is 3.06. The maximum absolute atomic E-state index is 13.4. The monoisotopic (exact) mass is 439 g/mol. The molecule has 0 bridgehead atoms. The molecule has 3 rings (SSSR count). The van der Waals surface area contributed by atoms with Gasteiger partial charge in [-0.15, -0.1) is 0 Å². The van der Waals surface area contributed by atoms with Crippen LogP contribution in [0.1, 0.15) is 45.1 Å². The summed E-state index contributed by atoms with van der Waals surface area (Å²) in [7, 11) is -3.22. The molecule has 0 radical (unpaired) electrons. The highest BCUT2D eigenvalue weighted by Crippen LogP contribution is 2.34. The molecule has 10 heteroatoms. The van der Waals surface area contributed by atoms with Gasteiger partial charge >= 0.3 is 6.03 Å². The zero-order chi connectivity index (χ0) is 22.2. The first-order chi connectivity index (χ1) is 14.0. The average molecular weight is 440 g/mol. The van der Waals surface area contributed by atoms with Crippen LogP contribution in [0.25, 0.3) is 0 Å². The molecule has 0 saturated carbocycles. The van der Waals surface area contributed by atoms with Gasteiger partial charge in [-0.05, 0) is 37.5 Å². The Labute approximate surface area is 175 Å². The van der Waals surface area contributed by atoms with Crippen molar-refractivity contribution in [3.63, 3.8) is 0 Å². The smallest absolute Gasteiger partial charge is 0.325 e. The number of rotatable bonds is 7. The molecule has 2 saturated heterocycles. The van der Waals surface area contributed by atoms with Crippen LogP contribution in [0.3, 0.4) is 0 Å². The highest BCUT2D eigenvalue weighted by molar-refractivity contribution is 7.91. The van der Waals surface area contributed by atoms with Gasteiger partial charge in [-0.2, -0.15) is 0 Å². The van der Waals surface area contributed by atoms with E-state index in [4.69, 9.17) is 0 Å². The molecule has 2 aliphatic rings. The van der Waals surface area contributed by atoms with Gasteiger partial charge < -0.3 is 10.6 Å². The van der Waals surface area contributed by atoms with Crippen LogP contribution in [0.4, 0.5) is 9.18 Å². The second-order valence-corrected chi connectivity index (χ2v) is 10.5. The van der Waals surface area contributed by atoms with Gasteiger partial charge in [-0.25, -0.2) is 17.6 Å². The molecule has 164 valence electrons. The van der Waals surface area contributed by atoms with Crippen LogP contribution in [-0.2, 0) is 25.0 Å². The van der Waals surface area contributed by atoms with E-state index < -0.39 is 51.1 Å². The average Bonchev–Trinajstić information content (AvgIpc) is 3.07. The molecule has 2 N–H and O–H groups in total. The molecule has 1 aromatic rings. The maximum Gasteiger partial charge on any atom is 0.325 e. The van der Waals surface area contributed by atoms with Gasteiger partial charge in [-0.3, -0.25) is 14.5 Å². The van der Waals surface area contributed by atoms with E-state index in [-0.39, 0.29) is 17.9 Å². The van der Waals surface area contributed by atoms with Crippen molar-refractivity contribution in [2.24, 2.45) is 0 Å². The molecule has 8 nitrogen and oxygen atoms in total. The minimum atomic E-state index is -3.22. The van der Waals surface area contributed by atoms with E-state index in [0.29, 0.717) is 18.4 Å². The van der Waals surface area contributed by atoms with Crippen molar-refractivity contribution in [2.75, 3.05) is 18.1 Å². The van der Waals surface area contributed by atoms with Crippen molar-refractivity contribution < 1.29 is 27.2 Å². The van der Waals surface area contributed by atoms with E-state index in [9.17, 15) is 27.2 Å². The highest BCUT2D eigenvalue weighted by Gasteiger charge is 2.52. The Bertz CT molecular complexity index is 965. The third-order valence-electron chi connectivity index (χ3n) is 5.66. The van der Waals surface area contributed by atoms with E-state index in [1.165, 1.54) is 24.3 Å². The number of hydrogen-bond donors (Lipinski definition) is 2. The highest BCUT2D eigenvalue weighted by atomic mass is 32.2. The van der Waals surface area contributed by atoms with Gasteiger partial charge in [0.05, 0.1) is 17.0 Å². The summed E-state index contributed by atoms with van der Waals surface area (Å²) in [5, 5.41) is 5.35. The number of urea groups is 1. The van der Waals surface area contributed by atoms with Crippen molar-refractivity contribution in [1.82, 2.24) is 15.5 Å². The topological polar surface area (TPSA) is 113 Å². The lowest BCUT2D eigenvalue weighted by Crippen LogP contribution is -2.51. The van der Waals surface area contributed by atoms with E-state index in [1.807, 2.05) is 6.92 Å². The third-order valence-corrected chi connectivity index (χ3v) is 7.57. The molecule has 2 atom stereocenters. The number of carbonyl (C=O) groups is 3. The molecular weight excluding hydrogens is 413 g/mol. The van der Waals surface area contributed by atoms with Crippen LogP contribution in [0.5, 0.6) is 0 Å². The number of unbranched alkanes of at least 4 members (excludes halogenated alkanes) is 1. The van der Waals surface area contributed by atoms with Crippen molar-refractivity contribution in [1.29, 1.82) is 0 Å². The van der Waals surface area contributed by atoms with Crippen LogP contribution in [-0.4, -0.2) is 54.8 Å². The second kappa shape index (κ2) is 7.98. The molecule has 4 amide bonds. The SMILES string of the molecule is CCCC[C@]1(c2ccc(F)cc2)NC(=O)N(CC(=O)N[C@@]2(C)CCS(=O)(=O)C2)C1=O. The largest absolute Gasteiger partial charge is 0.348 e. The first-order valence-electron chi connectivity index (χ1n) is 9.92. The molecule has 0 spiro atoms. The van der Waals surface area contributed by atoms with Gasteiger partial charge in [-0.1, -0.05) is 31.9 Å². The lowest BCUT2D eigenvalue weighted by atomic mass is 9.85. The van der Waals surface area contributed by atoms with Gasteiger partial charge in [0.1, 0.15) is 17.9 Å². The number of imide groups is 1. The normalized spacial score (nSPS) is 27.9. The standard InChI is InChI=1S/C20H26FN3O5S/c1-3-4-9-20(14-5-7-15(21)8-6-14)17(26)24(18(27)23-20)12-16(25)22-19(2)10-11-30(28,29)13-19/h5-8H,3-4,9-13H2,1-2H3,(H,22,25)(H,23,27)/t19-,20+/m0/s1. The third kappa shape index (κ3) is 4.33. The number of halogens is 1. The number of sulfone groups is 1. The molecule has 0 unspecified atom stereocenters. The fourth-order valence-electron chi connectivity index (χ4n) is 4.08. The molecular formula is C20H26FN3O5S. The minimum absolute atomic E-state index is 0.0163. The number of nitrogens with one attached hydrogen (secondary N) is 2. The molecule has 0 aromatic heterocycles. The first-order valence-corrected chi connectivity index (χ1v) is 11.7. The maximum atomic E-state index is 13.4. The van der Waals surface area contributed by atoms with Crippen molar-refractivity contribution in [3.8, 4) is 0 Å². The Morgan fingerprint density at radius 1 is 1.27 bits per heavy atom. The van der Waals surface area contributed by atoms with Gasteiger partial charge in [0, 0.05) is 0 Å². The Morgan fingerprint density at radius 2 is 1.93 bits per heavy atom. The summed E-state index contributed by atoms with van der Waals surface area (Å²) < 4.78 is 36.9. The summed E-state index contributed by atoms with van der Waals surface area (Å²) in [4.78, 5) is 39.2. The van der Waals surface area contributed by atoms with Crippen LogP contribution in [0, 0.1) is 5.82 Å². The lowest BCUT2D eigenvalue weighted by molar-refractivity contribution is -0.136. The molecule has 2 heterocycles. The van der Waals surface area contributed by atoms with Crippen molar-refractivity contribution in [3.05, 3.63) is 35.6 Å². The second-order valence-electron chi connectivity index (χ2n) is 8.29. The first kappa shape index (κ1) is 22.2. The van der Waals surface area contributed by atoms with Crippen molar-refractivity contribution >= 4 is 27.7 Å². The van der Waals surface area contributed by atoms with E-state index >= 15 is 0 Å². The number of nitrogens with zero attached hydrogens (tertiary/aromatic N) is 1. The van der Waals surface area contributed by atoms with Crippen LogP contribution >= 0.6 is 0 Å². The van der Waals surface area contributed by atoms with Gasteiger partial charge in [0.15, 0.2) is 9.84 Å².